The van der Waals surface area contributed by atoms with Crippen LogP contribution in [0.25, 0.3) is 0 Å². The van der Waals surface area contributed by atoms with Crippen LogP contribution >= 0.6 is 0 Å². The summed E-state index contributed by atoms with van der Waals surface area (Å²) >= 11 is 0. The van der Waals surface area contributed by atoms with Gasteiger partial charge in [0.2, 0.25) is 5.91 Å². The molecule has 11 heteroatoms. The lowest BCUT2D eigenvalue weighted by Crippen LogP contribution is -2.60. The Kier molecular flexibility index (Phi) is 69.6. The number of nitrogens with one attached hydrogen (secondary N) is 1. The molecule has 0 saturated carbocycles. The quantitative estimate of drug-likeness (QED) is 0.0195. The molecule has 7 unspecified atom stereocenters. The highest BCUT2D eigenvalue weighted by Crippen LogP contribution is 2.24. The van der Waals surface area contributed by atoms with Crippen LogP contribution in [-0.4, -0.2) is 100 Å². The molecule has 1 fully saturated rings. The van der Waals surface area contributed by atoms with Crippen molar-refractivity contribution in [2.45, 2.75) is 436 Å². The number of ether oxygens (including phenoxy) is 3. The van der Waals surface area contributed by atoms with Gasteiger partial charge < -0.3 is 45.1 Å². The van der Waals surface area contributed by atoms with E-state index >= 15 is 0 Å². The average Bonchev–Trinajstić information content (AvgIpc) is 0.842. The van der Waals surface area contributed by atoms with Gasteiger partial charge in [0.15, 0.2) is 6.29 Å². The summed E-state index contributed by atoms with van der Waals surface area (Å²) in [5.41, 5.74) is 0. The third-order valence-electron chi connectivity index (χ3n) is 19.2. The number of carbonyl (C=O) groups is 2. The minimum absolute atomic E-state index is 0.00651. The van der Waals surface area contributed by atoms with Gasteiger partial charge in [-0.3, -0.25) is 9.59 Å². The highest BCUT2D eigenvalue weighted by molar-refractivity contribution is 5.76. The Morgan fingerprint density at radius 3 is 1.10 bits per heavy atom. The van der Waals surface area contributed by atoms with E-state index in [1.54, 1.807) is 6.08 Å². The predicted octanol–water partition coefficient (Wildman–Crippen LogP) is 22.6. The summed E-state index contributed by atoms with van der Waals surface area (Å²) in [4.78, 5) is 25.2. The fourth-order valence-electron chi connectivity index (χ4n) is 12.8. The van der Waals surface area contributed by atoms with Gasteiger partial charge in [0.25, 0.3) is 0 Å². The number of unbranched alkanes of at least 4 members (excludes halogenated alkanes) is 49. The number of rotatable bonds is 73. The standard InChI is InChI=1S/C85H155NO10/c1-3-5-7-9-11-13-15-17-44-49-53-57-61-65-69-73-81(90)94-74-70-66-62-58-54-50-46-43-41-39-37-35-33-31-29-27-25-23-21-19-20-22-24-26-28-30-32-34-36-38-40-42-45-48-52-56-60-64-68-72-80(89)86-77(76-95-85-84(93)83(92)82(91)79(75-87)96-85)78(88)71-67-63-59-55-51-47-18-16-14-12-10-8-6-4-2/h14,16-17,19-20,23,25,44,51,55,67,71,77-79,82-85,87-88,91-93H,3-13,15,18,21-22,24,26-43,45-50,52-54,56-66,68-70,72-76H2,1-2H3,(H,86,89)/b16-14+,20-19-,25-23-,44-17-,55-51+,71-67+. The molecule has 0 radical (unpaired) electrons. The Balaban J connectivity index is 1.91. The van der Waals surface area contributed by atoms with E-state index in [2.05, 4.69) is 79.9 Å². The Morgan fingerprint density at radius 2 is 0.708 bits per heavy atom. The van der Waals surface area contributed by atoms with Gasteiger partial charge >= 0.3 is 5.97 Å². The third kappa shape index (κ3) is 61.0. The maximum absolute atomic E-state index is 13.1. The van der Waals surface area contributed by atoms with Crippen LogP contribution in [0.1, 0.15) is 393 Å². The average molecular weight is 1350 g/mol. The summed E-state index contributed by atoms with van der Waals surface area (Å²) < 4.78 is 16.8. The monoisotopic (exact) mass is 1350 g/mol. The molecule has 1 aliphatic heterocycles. The fourth-order valence-corrected chi connectivity index (χ4v) is 12.8. The largest absolute Gasteiger partial charge is 0.466 e. The van der Waals surface area contributed by atoms with E-state index in [-0.39, 0.29) is 18.5 Å². The third-order valence-corrected chi connectivity index (χ3v) is 19.2. The first-order valence-electron chi connectivity index (χ1n) is 41.2. The van der Waals surface area contributed by atoms with Crippen molar-refractivity contribution < 1.29 is 49.3 Å². The molecule has 7 atom stereocenters. The lowest BCUT2D eigenvalue weighted by molar-refractivity contribution is -0.302. The van der Waals surface area contributed by atoms with Gasteiger partial charge in [-0.2, -0.15) is 0 Å². The van der Waals surface area contributed by atoms with Gasteiger partial charge in [-0.15, -0.1) is 0 Å². The van der Waals surface area contributed by atoms with Crippen molar-refractivity contribution in [3.8, 4) is 0 Å². The summed E-state index contributed by atoms with van der Waals surface area (Å²) in [6.07, 6.45) is 90.9. The molecule has 560 valence electrons. The van der Waals surface area contributed by atoms with Crippen LogP contribution in [0.2, 0.25) is 0 Å². The zero-order valence-electron chi connectivity index (χ0n) is 62.6. The van der Waals surface area contributed by atoms with Gasteiger partial charge in [0.1, 0.15) is 24.4 Å². The first kappa shape index (κ1) is 91.1. The van der Waals surface area contributed by atoms with Crippen LogP contribution in [0.5, 0.6) is 0 Å². The molecule has 0 aromatic rings. The number of hydrogen-bond donors (Lipinski definition) is 6. The summed E-state index contributed by atoms with van der Waals surface area (Å²) in [5, 5.41) is 54.6. The lowest BCUT2D eigenvalue weighted by Gasteiger charge is -2.40. The van der Waals surface area contributed by atoms with Crippen LogP contribution in [-0.2, 0) is 23.8 Å². The number of amides is 1. The zero-order valence-corrected chi connectivity index (χ0v) is 62.6. The van der Waals surface area contributed by atoms with Crippen molar-refractivity contribution in [2.75, 3.05) is 19.8 Å². The van der Waals surface area contributed by atoms with Crippen LogP contribution in [0, 0.1) is 0 Å². The van der Waals surface area contributed by atoms with Gasteiger partial charge in [-0.05, 0) is 116 Å². The molecule has 6 N–H and O–H groups in total. The van der Waals surface area contributed by atoms with E-state index in [1.165, 1.54) is 289 Å². The predicted molar refractivity (Wildman–Crippen MR) is 407 cm³/mol. The highest BCUT2D eigenvalue weighted by Gasteiger charge is 2.44. The van der Waals surface area contributed by atoms with Crippen molar-refractivity contribution in [3.63, 3.8) is 0 Å². The molecule has 1 saturated heterocycles. The first-order chi connectivity index (χ1) is 47.2. The number of hydrogen-bond acceptors (Lipinski definition) is 10. The van der Waals surface area contributed by atoms with Crippen molar-refractivity contribution in [2.24, 2.45) is 0 Å². The van der Waals surface area contributed by atoms with Crippen LogP contribution in [0.3, 0.4) is 0 Å². The molecule has 0 aromatic heterocycles. The maximum Gasteiger partial charge on any atom is 0.305 e. The molecule has 0 spiro atoms. The smallest absolute Gasteiger partial charge is 0.305 e. The Labute approximate surface area is 591 Å². The van der Waals surface area contributed by atoms with E-state index < -0.39 is 49.5 Å². The minimum Gasteiger partial charge on any atom is -0.466 e. The topological polar surface area (TPSA) is 175 Å². The fraction of sp³-hybridized carbons (Fsp3) is 0.835. The van der Waals surface area contributed by atoms with Gasteiger partial charge in [-0.1, -0.05) is 337 Å². The van der Waals surface area contributed by atoms with Crippen molar-refractivity contribution >= 4 is 11.9 Å². The minimum atomic E-state index is -1.58. The van der Waals surface area contributed by atoms with Crippen LogP contribution in [0.15, 0.2) is 72.9 Å². The van der Waals surface area contributed by atoms with Crippen LogP contribution in [0.4, 0.5) is 0 Å². The molecule has 1 heterocycles. The van der Waals surface area contributed by atoms with E-state index in [9.17, 15) is 35.1 Å². The summed E-state index contributed by atoms with van der Waals surface area (Å²) in [7, 11) is 0. The summed E-state index contributed by atoms with van der Waals surface area (Å²) in [6, 6.07) is -0.834. The van der Waals surface area contributed by atoms with Crippen LogP contribution < -0.4 is 5.32 Å². The van der Waals surface area contributed by atoms with Gasteiger partial charge in [0, 0.05) is 12.8 Å². The number of carbonyl (C=O) groups excluding carboxylic acids is 2. The number of esters is 1. The second-order valence-corrected chi connectivity index (χ2v) is 28.4. The molecular formula is C85H155NO10. The SMILES string of the molecule is CCCCCC/C=C/CC/C=C/CC/C=C/C(O)C(COC1OC(CO)C(O)C(O)C1O)NC(=O)CCCCCCCCCCCCCCCCCCC/C=C\C/C=C\CCCCCCCCCCCCCCCCCOC(=O)CCCCCCC/C=C\CCCCCCCC. The number of aliphatic hydroxyl groups is 5. The molecule has 1 amide bonds. The maximum atomic E-state index is 13.1. The van der Waals surface area contributed by atoms with E-state index in [4.69, 9.17) is 14.2 Å². The molecule has 0 bridgehead atoms. The molecule has 0 aliphatic carbocycles. The normalized spacial score (nSPS) is 17.7. The molecule has 0 aromatic carbocycles. The Bertz CT molecular complexity index is 1830. The lowest BCUT2D eigenvalue weighted by atomic mass is 9.99. The summed E-state index contributed by atoms with van der Waals surface area (Å²) in [6.45, 7) is 4.33. The zero-order chi connectivity index (χ0) is 69.4. The number of aliphatic hydroxyl groups excluding tert-OH is 5. The Morgan fingerprint density at radius 1 is 0.385 bits per heavy atom. The van der Waals surface area contributed by atoms with E-state index in [1.807, 2.05) is 6.08 Å². The molecule has 96 heavy (non-hydrogen) atoms. The van der Waals surface area contributed by atoms with E-state index in [0.717, 1.165) is 77.0 Å². The number of allylic oxidation sites excluding steroid dienone is 11. The Hall–Kier alpha value is -2.90. The van der Waals surface area contributed by atoms with Crippen molar-refractivity contribution in [3.05, 3.63) is 72.9 Å². The van der Waals surface area contributed by atoms with Gasteiger partial charge in [0.05, 0.1) is 32.0 Å². The molecule has 11 nitrogen and oxygen atoms in total. The molecule has 1 aliphatic rings. The highest BCUT2D eigenvalue weighted by atomic mass is 16.7. The summed E-state index contributed by atoms with van der Waals surface area (Å²) in [5.74, 6) is -0.186. The van der Waals surface area contributed by atoms with E-state index in [0.29, 0.717) is 19.4 Å². The van der Waals surface area contributed by atoms with Crippen molar-refractivity contribution in [1.29, 1.82) is 0 Å². The van der Waals surface area contributed by atoms with Crippen molar-refractivity contribution in [1.82, 2.24) is 5.32 Å². The van der Waals surface area contributed by atoms with Gasteiger partial charge in [-0.25, -0.2) is 0 Å². The molecule has 1 rings (SSSR count). The molecular weight excluding hydrogens is 1190 g/mol. The second-order valence-electron chi connectivity index (χ2n) is 28.4. The second kappa shape index (κ2) is 73.3. The first-order valence-corrected chi connectivity index (χ1v) is 41.2.